The van der Waals surface area contributed by atoms with Crippen molar-refractivity contribution in [3.63, 3.8) is 0 Å². The first kappa shape index (κ1) is 18.8. The van der Waals surface area contributed by atoms with E-state index >= 15 is 0 Å². The Morgan fingerprint density at radius 3 is 2.16 bits per heavy atom. The quantitative estimate of drug-likeness (QED) is 0.512. The van der Waals surface area contributed by atoms with Crippen LogP contribution in [-0.4, -0.2) is 64.3 Å². The van der Waals surface area contributed by atoms with Crippen LogP contribution in [-0.2, 0) is 9.47 Å². The highest BCUT2D eigenvalue weighted by molar-refractivity contribution is 4.88. The van der Waals surface area contributed by atoms with Crippen LogP contribution in [0.4, 0.5) is 0 Å². The van der Waals surface area contributed by atoms with Gasteiger partial charge >= 0.3 is 0 Å². The van der Waals surface area contributed by atoms with Crippen LogP contribution in [0.2, 0.25) is 0 Å². The van der Waals surface area contributed by atoms with Crippen LogP contribution < -0.4 is 0 Å². The molecule has 0 aliphatic carbocycles. The van der Waals surface area contributed by atoms with Gasteiger partial charge in [0.25, 0.3) is 0 Å². The molecule has 1 rings (SSSR count). The Morgan fingerprint density at radius 2 is 1.63 bits per heavy atom. The van der Waals surface area contributed by atoms with Gasteiger partial charge in [-0.2, -0.15) is 0 Å². The van der Waals surface area contributed by atoms with Crippen LogP contribution in [0.3, 0.4) is 0 Å². The van der Waals surface area contributed by atoms with Gasteiger partial charge in [-0.25, -0.2) is 0 Å². The van der Waals surface area contributed by atoms with Crippen molar-refractivity contribution in [1.29, 1.82) is 0 Å². The second-order valence-corrected chi connectivity index (χ2v) is 4.28. The predicted molar refractivity (Wildman–Crippen MR) is 70.6 cm³/mol. The summed E-state index contributed by atoms with van der Waals surface area (Å²) in [6.07, 6.45) is -2.98. The summed E-state index contributed by atoms with van der Waals surface area (Å²) in [7, 11) is 0. The van der Waals surface area contributed by atoms with E-state index in [4.69, 9.17) is 14.6 Å². The molecule has 0 amide bonds. The SMILES string of the molecule is CC.CCCCCOC1OC(CO)C(O)C(O)C1O. The minimum absolute atomic E-state index is 0.413. The fraction of sp³-hybridized carbons (Fsp3) is 1.00. The molecule has 0 aromatic heterocycles. The second-order valence-electron chi connectivity index (χ2n) is 4.28. The highest BCUT2D eigenvalue weighted by atomic mass is 16.7. The predicted octanol–water partition coefficient (Wildman–Crippen LogP) is 0.0193. The van der Waals surface area contributed by atoms with E-state index in [1.165, 1.54) is 0 Å². The lowest BCUT2D eigenvalue weighted by molar-refractivity contribution is -0.301. The molecule has 0 aromatic carbocycles. The third kappa shape index (κ3) is 5.72. The Labute approximate surface area is 115 Å². The summed E-state index contributed by atoms with van der Waals surface area (Å²) in [5.41, 5.74) is 0. The Bertz CT molecular complexity index is 211. The Hall–Kier alpha value is -0.240. The van der Waals surface area contributed by atoms with Crippen molar-refractivity contribution in [1.82, 2.24) is 0 Å². The molecule has 1 aliphatic heterocycles. The number of unbranched alkanes of at least 4 members (excludes halogenated alkanes) is 2. The summed E-state index contributed by atoms with van der Waals surface area (Å²) in [5.74, 6) is 0. The standard InChI is InChI=1S/C11H22O6.C2H6/c1-2-3-4-5-16-11-10(15)9(14)8(13)7(6-12)17-11;1-2/h7-15H,2-6H2,1H3;1-2H3. The maximum atomic E-state index is 9.64. The van der Waals surface area contributed by atoms with Crippen molar-refractivity contribution in [2.75, 3.05) is 13.2 Å². The van der Waals surface area contributed by atoms with E-state index in [-0.39, 0.29) is 0 Å². The molecule has 1 fully saturated rings. The molecular formula is C13H28O6. The lowest BCUT2D eigenvalue weighted by Crippen LogP contribution is -2.59. The van der Waals surface area contributed by atoms with Crippen LogP contribution in [0, 0.1) is 0 Å². The zero-order valence-electron chi connectivity index (χ0n) is 12.0. The largest absolute Gasteiger partial charge is 0.394 e. The summed E-state index contributed by atoms with van der Waals surface area (Å²) < 4.78 is 10.5. The van der Waals surface area contributed by atoms with Gasteiger partial charge in [-0.05, 0) is 6.42 Å². The smallest absolute Gasteiger partial charge is 0.186 e. The number of aliphatic hydroxyl groups excluding tert-OH is 4. The van der Waals surface area contributed by atoms with E-state index in [9.17, 15) is 15.3 Å². The van der Waals surface area contributed by atoms with Crippen molar-refractivity contribution in [2.45, 2.75) is 70.7 Å². The van der Waals surface area contributed by atoms with Crippen LogP contribution in [0.15, 0.2) is 0 Å². The van der Waals surface area contributed by atoms with Gasteiger partial charge in [0.2, 0.25) is 0 Å². The van der Waals surface area contributed by atoms with Crippen LogP contribution in [0.5, 0.6) is 0 Å². The van der Waals surface area contributed by atoms with Crippen molar-refractivity contribution in [2.24, 2.45) is 0 Å². The van der Waals surface area contributed by atoms with Gasteiger partial charge in [-0.1, -0.05) is 33.6 Å². The molecule has 4 N–H and O–H groups in total. The zero-order valence-corrected chi connectivity index (χ0v) is 12.0. The van der Waals surface area contributed by atoms with Crippen molar-refractivity contribution >= 4 is 0 Å². The number of hydrogen-bond donors (Lipinski definition) is 4. The number of rotatable bonds is 6. The van der Waals surface area contributed by atoms with Gasteiger partial charge in [0, 0.05) is 6.61 Å². The molecule has 1 saturated heterocycles. The molecule has 1 aliphatic rings. The van der Waals surface area contributed by atoms with Gasteiger partial charge in [0.1, 0.15) is 24.4 Å². The number of ether oxygens (including phenoxy) is 2. The van der Waals surface area contributed by atoms with Crippen molar-refractivity contribution in [3.05, 3.63) is 0 Å². The maximum absolute atomic E-state index is 9.64. The summed E-state index contributed by atoms with van der Waals surface area (Å²) in [6, 6.07) is 0. The average Bonchev–Trinajstić information content (AvgIpc) is 2.45. The van der Waals surface area contributed by atoms with Crippen LogP contribution >= 0.6 is 0 Å². The lowest BCUT2D eigenvalue weighted by atomic mass is 9.99. The topological polar surface area (TPSA) is 99.4 Å². The molecule has 0 saturated carbocycles. The first-order chi connectivity index (χ1) is 9.11. The number of aliphatic hydroxyl groups is 4. The number of hydrogen-bond acceptors (Lipinski definition) is 6. The molecule has 6 nitrogen and oxygen atoms in total. The average molecular weight is 280 g/mol. The molecule has 19 heavy (non-hydrogen) atoms. The summed E-state index contributed by atoms with van der Waals surface area (Å²) in [6.45, 7) is 6.05. The fourth-order valence-corrected chi connectivity index (χ4v) is 1.76. The van der Waals surface area contributed by atoms with E-state index in [0.29, 0.717) is 6.61 Å². The Kier molecular flexibility index (Phi) is 10.4. The highest BCUT2D eigenvalue weighted by Crippen LogP contribution is 2.22. The van der Waals surface area contributed by atoms with E-state index in [0.717, 1.165) is 19.3 Å². The highest BCUT2D eigenvalue weighted by Gasteiger charge is 2.43. The molecule has 5 unspecified atom stereocenters. The first-order valence-electron chi connectivity index (χ1n) is 7.04. The zero-order chi connectivity index (χ0) is 14.8. The van der Waals surface area contributed by atoms with E-state index in [2.05, 4.69) is 6.92 Å². The second kappa shape index (κ2) is 10.5. The van der Waals surface area contributed by atoms with Crippen molar-refractivity contribution < 1.29 is 29.9 Å². The fourth-order valence-electron chi connectivity index (χ4n) is 1.76. The monoisotopic (exact) mass is 280 g/mol. The molecular weight excluding hydrogens is 252 g/mol. The maximum Gasteiger partial charge on any atom is 0.186 e. The van der Waals surface area contributed by atoms with Gasteiger partial charge < -0.3 is 29.9 Å². The van der Waals surface area contributed by atoms with E-state index in [1.807, 2.05) is 13.8 Å². The Balaban J connectivity index is 0.00000154. The van der Waals surface area contributed by atoms with Gasteiger partial charge in [-0.15, -0.1) is 0 Å². The molecule has 5 atom stereocenters. The van der Waals surface area contributed by atoms with E-state index in [1.54, 1.807) is 0 Å². The molecule has 1 heterocycles. The molecule has 0 aromatic rings. The Morgan fingerprint density at radius 1 is 1.00 bits per heavy atom. The lowest BCUT2D eigenvalue weighted by Gasteiger charge is -2.39. The van der Waals surface area contributed by atoms with Crippen molar-refractivity contribution in [3.8, 4) is 0 Å². The normalized spacial score (nSPS) is 34.6. The van der Waals surface area contributed by atoms with E-state index < -0.39 is 37.3 Å². The van der Waals surface area contributed by atoms with Crippen LogP contribution in [0.25, 0.3) is 0 Å². The third-order valence-corrected chi connectivity index (χ3v) is 2.88. The molecule has 0 spiro atoms. The minimum atomic E-state index is -1.36. The summed E-state index contributed by atoms with van der Waals surface area (Å²) in [4.78, 5) is 0. The first-order valence-corrected chi connectivity index (χ1v) is 7.04. The molecule has 6 heteroatoms. The van der Waals surface area contributed by atoms with Gasteiger partial charge in [-0.3, -0.25) is 0 Å². The molecule has 116 valence electrons. The van der Waals surface area contributed by atoms with Gasteiger partial charge in [0.15, 0.2) is 6.29 Å². The summed E-state index contributed by atoms with van der Waals surface area (Å²) in [5, 5.41) is 37.6. The third-order valence-electron chi connectivity index (χ3n) is 2.88. The molecule has 0 radical (unpaired) electrons. The molecule has 0 bridgehead atoms. The van der Waals surface area contributed by atoms with Gasteiger partial charge in [0.05, 0.1) is 6.61 Å². The summed E-state index contributed by atoms with van der Waals surface area (Å²) >= 11 is 0. The van der Waals surface area contributed by atoms with Crippen LogP contribution in [0.1, 0.15) is 40.0 Å². The minimum Gasteiger partial charge on any atom is -0.394 e.